The van der Waals surface area contributed by atoms with E-state index >= 15 is 0 Å². The van der Waals surface area contributed by atoms with E-state index in [1.807, 2.05) is 0 Å². The molecule has 0 radical (unpaired) electrons. The van der Waals surface area contributed by atoms with Gasteiger partial charge >= 0.3 is 0 Å². The van der Waals surface area contributed by atoms with Crippen molar-refractivity contribution in [2.24, 2.45) is 0 Å². The molecule has 0 bridgehead atoms. The molecule has 0 N–H and O–H groups in total. The van der Waals surface area contributed by atoms with Gasteiger partial charge in [-0.25, -0.2) is 14.5 Å². The number of benzene rings is 1. The van der Waals surface area contributed by atoms with Crippen LogP contribution in [0.3, 0.4) is 0 Å². The second-order valence-electron chi connectivity index (χ2n) is 4.26. The number of aromatic nitrogens is 4. The van der Waals surface area contributed by atoms with Crippen LogP contribution in [-0.2, 0) is 12.8 Å². The van der Waals surface area contributed by atoms with Gasteiger partial charge in [0.25, 0.3) is 0 Å². The van der Waals surface area contributed by atoms with Crippen molar-refractivity contribution in [3.05, 3.63) is 48.0 Å². The van der Waals surface area contributed by atoms with Crippen LogP contribution in [0.5, 0.6) is 0 Å². The fourth-order valence-electron chi connectivity index (χ4n) is 2.54. The molecule has 0 saturated heterocycles. The normalized spacial score (nSPS) is 13.4. The molecule has 1 aliphatic carbocycles. The maximum absolute atomic E-state index is 4.52. The van der Waals surface area contributed by atoms with Crippen molar-refractivity contribution in [1.82, 2.24) is 19.6 Å². The second kappa shape index (κ2) is 3.13. The third kappa shape index (κ3) is 1.15. The van der Waals surface area contributed by atoms with Gasteiger partial charge in [0.2, 0.25) is 0 Å². The molecule has 0 atom stereocenters. The first-order valence-electron chi connectivity index (χ1n) is 5.69. The van der Waals surface area contributed by atoms with Crippen LogP contribution in [0.2, 0.25) is 0 Å². The topological polar surface area (TPSA) is 43.1 Å². The molecule has 82 valence electrons. The summed E-state index contributed by atoms with van der Waals surface area (Å²) < 4.78 is 1.74. The van der Waals surface area contributed by atoms with E-state index in [-0.39, 0.29) is 0 Å². The molecule has 4 nitrogen and oxygen atoms in total. The molecular weight excluding hydrogens is 212 g/mol. The number of fused-ring (bicyclic) bond motifs is 5. The predicted octanol–water partition coefficient (Wildman–Crippen LogP) is 1.89. The van der Waals surface area contributed by atoms with Crippen LogP contribution in [0.4, 0.5) is 0 Å². The van der Waals surface area contributed by atoms with Gasteiger partial charge < -0.3 is 0 Å². The number of rotatable bonds is 0. The molecule has 0 saturated carbocycles. The minimum absolute atomic E-state index is 0.935. The van der Waals surface area contributed by atoms with Gasteiger partial charge in [0.05, 0.1) is 5.69 Å². The average Bonchev–Trinajstić information content (AvgIpc) is 2.86. The monoisotopic (exact) mass is 222 g/mol. The van der Waals surface area contributed by atoms with Crippen LogP contribution in [-0.4, -0.2) is 19.6 Å². The van der Waals surface area contributed by atoms with Crippen molar-refractivity contribution >= 4 is 5.65 Å². The predicted molar refractivity (Wildman–Crippen MR) is 63.6 cm³/mol. The number of aryl methyl sites for hydroxylation is 2. The van der Waals surface area contributed by atoms with Crippen molar-refractivity contribution in [3.63, 3.8) is 0 Å². The van der Waals surface area contributed by atoms with Gasteiger partial charge in [-0.2, -0.15) is 5.10 Å². The maximum Gasteiger partial charge on any atom is 0.162 e. The Morgan fingerprint density at radius 1 is 1.06 bits per heavy atom. The minimum Gasteiger partial charge on any atom is -0.236 e. The summed E-state index contributed by atoms with van der Waals surface area (Å²) in [7, 11) is 0. The molecule has 0 fully saturated rings. The van der Waals surface area contributed by atoms with E-state index in [1.54, 1.807) is 17.2 Å². The maximum atomic E-state index is 4.52. The van der Waals surface area contributed by atoms with E-state index in [2.05, 4.69) is 39.3 Å². The van der Waals surface area contributed by atoms with Crippen molar-refractivity contribution in [3.8, 4) is 11.3 Å². The summed E-state index contributed by atoms with van der Waals surface area (Å²) in [5, 5.41) is 4.13. The fraction of sp³-hybridized carbons (Fsp3) is 0.154. The van der Waals surface area contributed by atoms with Crippen molar-refractivity contribution in [2.45, 2.75) is 12.8 Å². The summed E-state index contributed by atoms with van der Waals surface area (Å²) in [6.45, 7) is 0. The Labute approximate surface area is 98.0 Å². The van der Waals surface area contributed by atoms with Gasteiger partial charge in [-0.1, -0.05) is 24.3 Å². The molecule has 3 aromatic rings. The molecule has 2 heterocycles. The molecular formula is C13H10N4. The molecule has 0 spiro atoms. The lowest BCUT2D eigenvalue weighted by atomic mass is 9.89. The number of nitrogens with zero attached hydrogens (tertiary/aromatic N) is 4. The van der Waals surface area contributed by atoms with Gasteiger partial charge in [0.1, 0.15) is 12.7 Å². The van der Waals surface area contributed by atoms with Gasteiger partial charge in [-0.05, 0) is 18.4 Å². The van der Waals surface area contributed by atoms with Crippen LogP contribution in [0.25, 0.3) is 16.9 Å². The third-order valence-corrected chi connectivity index (χ3v) is 3.34. The zero-order chi connectivity index (χ0) is 11.2. The highest BCUT2D eigenvalue weighted by molar-refractivity contribution is 5.74. The second-order valence-corrected chi connectivity index (χ2v) is 4.26. The zero-order valence-electron chi connectivity index (χ0n) is 9.17. The summed E-state index contributed by atoms with van der Waals surface area (Å²) in [5.74, 6) is 0. The molecule has 1 aromatic carbocycles. The van der Waals surface area contributed by atoms with E-state index in [4.69, 9.17) is 0 Å². The third-order valence-electron chi connectivity index (χ3n) is 3.34. The molecule has 17 heavy (non-hydrogen) atoms. The molecule has 1 aliphatic rings. The van der Waals surface area contributed by atoms with E-state index < -0.39 is 0 Å². The molecule has 4 rings (SSSR count). The Bertz CT molecular complexity index is 714. The average molecular weight is 222 g/mol. The summed E-state index contributed by atoms with van der Waals surface area (Å²) >= 11 is 0. The van der Waals surface area contributed by atoms with Crippen molar-refractivity contribution in [2.75, 3.05) is 0 Å². The Morgan fingerprint density at radius 3 is 3.00 bits per heavy atom. The molecule has 0 aliphatic heterocycles. The van der Waals surface area contributed by atoms with Crippen LogP contribution in [0, 0.1) is 0 Å². The van der Waals surface area contributed by atoms with Crippen LogP contribution < -0.4 is 0 Å². The summed E-state index contributed by atoms with van der Waals surface area (Å²) in [6.07, 6.45) is 5.36. The molecule has 2 aromatic heterocycles. The van der Waals surface area contributed by atoms with Crippen LogP contribution >= 0.6 is 0 Å². The van der Waals surface area contributed by atoms with E-state index in [1.165, 1.54) is 16.7 Å². The van der Waals surface area contributed by atoms with Gasteiger partial charge in [-0.3, -0.25) is 0 Å². The highest BCUT2D eigenvalue weighted by Crippen LogP contribution is 2.32. The smallest absolute Gasteiger partial charge is 0.162 e. The first-order chi connectivity index (χ1) is 8.43. The summed E-state index contributed by atoms with van der Waals surface area (Å²) in [6, 6.07) is 8.45. The highest BCUT2D eigenvalue weighted by Gasteiger charge is 2.20. The minimum atomic E-state index is 0.935. The Morgan fingerprint density at radius 2 is 2.00 bits per heavy atom. The van der Waals surface area contributed by atoms with E-state index in [0.717, 1.165) is 24.2 Å². The van der Waals surface area contributed by atoms with Gasteiger partial charge in [-0.15, -0.1) is 0 Å². The quantitative estimate of drug-likeness (QED) is 0.583. The SMILES string of the molecule is c1ccc2c(c1)CCc1c-2ncn2ncnc12. The van der Waals surface area contributed by atoms with Gasteiger partial charge in [0.15, 0.2) is 5.65 Å². The molecule has 0 amide bonds. The standard InChI is InChI=1S/C13H10N4/c1-2-4-10-9(3-1)5-6-11-12(10)15-8-17-13(11)14-7-16-17/h1-4,7-8H,5-6H2. The zero-order valence-corrected chi connectivity index (χ0v) is 9.17. The first-order valence-corrected chi connectivity index (χ1v) is 5.69. The highest BCUT2D eigenvalue weighted by atomic mass is 15.3. The summed E-state index contributed by atoms with van der Waals surface area (Å²) in [5.41, 5.74) is 5.82. The number of hydrogen-bond donors (Lipinski definition) is 0. The van der Waals surface area contributed by atoms with Crippen LogP contribution in [0.1, 0.15) is 11.1 Å². The number of hydrogen-bond acceptors (Lipinski definition) is 3. The van der Waals surface area contributed by atoms with E-state index in [9.17, 15) is 0 Å². The van der Waals surface area contributed by atoms with Gasteiger partial charge in [0, 0.05) is 11.1 Å². The lowest BCUT2D eigenvalue weighted by molar-refractivity contribution is 0.870. The lowest BCUT2D eigenvalue weighted by Crippen LogP contribution is -2.08. The molecule has 4 heteroatoms. The first kappa shape index (κ1) is 8.87. The molecule has 0 unspecified atom stereocenters. The largest absolute Gasteiger partial charge is 0.236 e. The van der Waals surface area contributed by atoms with Crippen LogP contribution in [0.15, 0.2) is 36.9 Å². The summed E-state index contributed by atoms with van der Waals surface area (Å²) in [4.78, 5) is 8.84. The van der Waals surface area contributed by atoms with Crippen molar-refractivity contribution in [1.29, 1.82) is 0 Å². The van der Waals surface area contributed by atoms with E-state index in [0.29, 0.717) is 0 Å². The Kier molecular flexibility index (Phi) is 1.63. The Hall–Kier alpha value is -2.23. The Balaban J connectivity index is 2.10. The van der Waals surface area contributed by atoms with Crippen molar-refractivity contribution < 1.29 is 0 Å². The fourth-order valence-corrected chi connectivity index (χ4v) is 2.54. The lowest BCUT2D eigenvalue weighted by Gasteiger charge is -2.18.